The van der Waals surface area contributed by atoms with Gasteiger partial charge in [0.05, 0.1) is 0 Å². The molecule has 0 saturated carbocycles. The lowest BCUT2D eigenvalue weighted by molar-refractivity contribution is -0.143. The Morgan fingerprint density at radius 2 is 2.08 bits per heavy atom. The number of alkyl halides is 3. The van der Waals surface area contributed by atoms with E-state index < -0.39 is 11.9 Å². The Balaban J connectivity index is 3.28. The van der Waals surface area contributed by atoms with E-state index in [0.717, 1.165) is 10.6 Å². The SMILES string of the molecule is Cn1ccc(C=O)c1C(F)(F)F. The van der Waals surface area contributed by atoms with Crippen LogP contribution < -0.4 is 0 Å². The third-order valence-corrected chi connectivity index (χ3v) is 1.50. The average Bonchev–Trinajstić information content (AvgIpc) is 2.29. The van der Waals surface area contributed by atoms with Gasteiger partial charge in [0.1, 0.15) is 5.69 Å². The maximum atomic E-state index is 12.1. The molecule has 66 valence electrons. The summed E-state index contributed by atoms with van der Waals surface area (Å²) in [7, 11) is 1.25. The van der Waals surface area contributed by atoms with Gasteiger partial charge in [0.15, 0.2) is 6.29 Å². The first kappa shape index (κ1) is 8.83. The van der Waals surface area contributed by atoms with E-state index in [0.29, 0.717) is 0 Å². The molecular formula is C7H6F3NO. The summed E-state index contributed by atoms with van der Waals surface area (Å²) < 4.78 is 37.3. The van der Waals surface area contributed by atoms with Crippen molar-refractivity contribution in [2.45, 2.75) is 6.18 Å². The van der Waals surface area contributed by atoms with Crippen molar-refractivity contribution < 1.29 is 18.0 Å². The van der Waals surface area contributed by atoms with Crippen molar-refractivity contribution in [1.82, 2.24) is 4.57 Å². The molecule has 0 radical (unpaired) electrons. The molecule has 1 aromatic rings. The van der Waals surface area contributed by atoms with Crippen LogP contribution >= 0.6 is 0 Å². The second kappa shape index (κ2) is 2.66. The van der Waals surface area contributed by atoms with Crippen molar-refractivity contribution in [3.05, 3.63) is 23.5 Å². The largest absolute Gasteiger partial charge is 0.432 e. The highest BCUT2D eigenvalue weighted by atomic mass is 19.4. The van der Waals surface area contributed by atoms with E-state index in [1.165, 1.54) is 13.2 Å². The highest BCUT2D eigenvalue weighted by molar-refractivity contribution is 5.77. The fourth-order valence-corrected chi connectivity index (χ4v) is 1.01. The van der Waals surface area contributed by atoms with Crippen molar-refractivity contribution in [1.29, 1.82) is 0 Å². The molecule has 0 aliphatic heterocycles. The molecule has 0 saturated heterocycles. The van der Waals surface area contributed by atoms with E-state index in [1.54, 1.807) is 0 Å². The number of halogens is 3. The first-order chi connectivity index (χ1) is 5.46. The summed E-state index contributed by atoms with van der Waals surface area (Å²) in [4.78, 5) is 10.2. The summed E-state index contributed by atoms with van der Waals surface area (Å²) in [6.07, 6.45) is -3.07. The van der Waals surface area contributed by atoms with Gasteiger partial charge in [0.2, 0.25) is 0 Å². The number of aromatic nitrogens is 1. The average molecular weight is 177 g/mol. The molecule has 1 aromatic heterocycles. The van der Waals surface area contributed by atoms with Crippen molar-refractivity contribution in [3.8, 4) is 0 Å². The monoisotopic (exact) mass is 177 g/mol. The third kappa shape index (κ3) is 1.34. The Labute approximate surface area is 66.6 Å². The van der Waals surface area contributed by atoms with Gasteiger partial charge in [0.25, 0.3) is 0 Å². The summed E-state index contributed by atoms with van der Waals surface area (Å²) in [5.41, 5.74) is -1.23. The Morgan fingerprint density at radius 3 is 2.42 bits per heavy atom. The third-order valence-electron chi connectivity index (χ3n) is 1.50. The van der Waals surface area contributed by atoms with Gasteiger partial charge in [-0.3, -0.25) is 4.79 Å². The molecule has 0 unspecified atom stereocenters. The van der Waals surface area contributed by atoms with Gasteiger partial charge in [-0.05, 0) is 6.07 Å². The smallest absolute Gasteiger partial charge is 0.346 e. The van der Waals surface area contributed by atoms with Gasteiger partial charge >= 0.3 is 6.18 Å². The second-order valence-electron chi connectivity index (χ2n) is 2.35. The number of carbonyl (C=O) groups excluding carboxylic acids is 1. The van der Waals surface area contributed by atoms with Crippen LogP contribution in [0.25, 0.3) is 0 Å². The predicted octanol–water partition coefficient (Wildman–Crippen LogP) is 1.86. The summed E-state index contributed by atoms with van der Waals surface area (Å²) in [6, 6.07) is 1.13. The zero-order valence-electron chi connectivity index (χ0n) is 6.22. The summed E-state index contributed by atoms with van der Waals surface area (Å²) in [5, 5.41) is 0. The molecule has 1 rings (SSSR count). The van der Waals surface area contributed by atoms with E-state index in [9.17, 15) is 18.0 Å². The van der Waals surface area contributed by atoms with Crippen LogP contribution in [0, 0.1) is 0 Å². The second-order valence-corrected chi connectivity index (χ2v) is 2.35. The zero-order valence-corrected chi connectivity index (χ0v) is 6.22. The van der Waals surface area contributed by atoms with E-state index in [4.69, 9.17) is 0 Å². The molecule has 0 fully saturated rings. The highest BCUT2D eigenvalue weighted by Crippen LogP contribution is 2.31. The fourth-order valence-electron chi connectivity index (χ4n) is 1.01. The minimum Gasteiger partial charge on any atom is -0.346 e. The summed E-state index contributed by atoms with van der Waals surface area (Å²) in [5.74, 6) is 0. The first-order valence-corrected chi connectivity index (χ1v) is 3.14. The molecule has 0 N–H and O–H groups in total. The zero-order chi connectivity index (χ0) is 9.35. The Morgan fingerprint density at radius 1 is 1.50 bits per heavy atom. The highest BCUT2D eigenvalue weighted by Gasteiger charge is 2.36. The molecule has 0 aliphatic carbocycles. The van der Waals surface area contributed by atoms with Gasteiger partial charge in [-0.25, -0.2) is 0 Å². The number of nitrogens with zero attached hydrogens (tertiary/aromatic N) is 1. The van der Waals surface area contributed by atoms with Crippen molar-refractivity contribution in [2.24, 2.45) is 7.05 Å². The minimum absolute atomic E-state index is 0.197. The number of aryl methyl sites for hydroxylation is 1. The van der Waals surface area contributed by atoms with Crippen LogP contribution in [-0.4, -0.2) is 10.9 Å². The lowest BCUT2D eigenvalue weighted by Crippen LogP contribution is -2.12. The number of aldehydes is 1. The summed E-state index contributed by atoms with van der Waals surface area (Å²) in [6.45, 7) is 0. The van der Waals surface area contributed by atoms with Crippen LogP contribution in [-0.2, 0) is 13.2 Å². The van der Waals surface area contributed by atoms with E-state index in [1.807, 2.05) is 0 Å². The fraction of sp³-hybridized carbons (Fsp3) is 0.286. The molecule has 0 aromatic carbocycles. The van der Waals surface area contributed by atoms with E-state index in [2.05, 4.69) is 0 Å². The molecule has 2 nitrogen and oxygen atoms in total. The van der Waals surface area contributed by atoms with Crippen molar-refractivity contribution in [2.75, 3.05) is 0 Å². The number of hydrogen-bond donors (Lipinski definition) is 0. The van der Waals surface area contributed by atoms with Crippen LogP contribution in [0.4, 0.5) is 13.2 Å². The molecule has 0 amide bonds. The molecule has 0 spiro atoms. The molecule has 5 heteroatoms. The molecule has 1 heterocycles. The Bertz CT molecular complexity index is 300. The maximum Gasteiger partial charge on any atom is 0.432 e. The molecule has 0 aliphatic rings. The minimum atomic E-state index is -4.46. The summed E-state index contributed by atoms with van der Waals surface area (Å²) >= 11 is 0. The quantitative estimate of drug-likeness (QED) is 0.600. The molecule has 0 atom stereocenters. The predicted molar refractivity (Wildman–Crippen MR) is 35.8 cm³/mol. The van der Waals surface area contributed by atoms with Crippen LogP contribution in [0.5, 0.6) is 0 Å². The first-order valence-electron chi connectivity index (χ1n) is 3.14. The Kier molecular flexibility index (Phi) is 1.95. The van der Waals surface area contributed by atoms with Crippen LogP contribution in [0.1, 0.15) is 16.1 Å². The van der Waals surface area contributed by atoms with Gasteiger partial charge < -0.3 is 4.57 Å². The standard InChI is InChI=1S/C7H6F3NO/c1-11-3-2-5(4-12)6(11)7(8,9)10/h2-4H,1H3. The molecule has 12 heavy (non-hydrogen) atoms. The van der Waals surface area contributed by atoms with Gasteiger partial charge in [-0.15, -0.1) is 0 Å². The van der Waals surface area contributed by atoms with Gasteiger partial charge in [-0.2, -0.15) is 13.2 Å². The number of rotatable bonds is 1. The molecule has 0 bridgehead atoms. The normalized spacial score (nSPS) is 11.7. The van der Waals surface area contributed by atoms with Gasteiger partial charge in [0, 0.05) is 18.8 Å². The lowest BCUT2D eigenvalue weighted by Gasteiger charge is -2.08. The van der Waals surface area contributed by atoms with E-state index >= 15 is 0 Å². The topological polar surface area (TPSA) is 22.0 Å². The maximum absolute atomic E-state index is 12.1. The van der Waals surface area contributed by atoms with E-state index in [-0.39, 0.29) is 11.8 Å². The number of carbonyl (C=O) groups is 1. The lowest BCUT2D eigenvalue weighted by atomic mass is 10.2. The number of hydrogen-bond acceptors (Lipinski definition) is 1. The van der Waals surface area contributed by atoms with Crippen molar-refractivity contribution in [3.63, 3.8) is 0 Å². The Hall–Kier alpha value is -1.26. The molecular weight excluding hydrogens is 171 g/mol. The van der Waals surface area contributed by atoms with Crippen LogP contribution in [0.2, 0.25) is 0 Å². The van der Waals surface area contributed by atoms with Crippen LogP contribution in [0.15, 0.2) is 12.3 Å². The van der Waals surface area contributed by atoms with Crippen molar-refractivity contribution >= 4 is 6.29 Å². The van der Waals surface area contributed by atoms with Crippen LogP contribution in [0.3, 0.4) is 0 Å². The van der Waals surface area contributed by atoms with Gasteiger partial charge in [-0.1, -0.05) is 0 Å².